The number of hydrogen-bond acceptors (Lipinski definition) is 4. The van der Waals surface area contributed by atoms with Crippen molar-refractivity contribution in [2.45, 2.75) is 57.5 Å². The van der Waals surface area contributed by atoms with Crippen molar-refractivity contribution in [2.24, 2.45) is 10.7 Å². The Balaban J connectivity index is 0.00000312. The van der Waals surface area contributed by atoms with Crippen LogP contribution in [0.2, 0.25) is 0 Å². The van der Waals surface area contributed by atoms with E-state index in [9.17, 15) is 0 Å². The number of halogens is 1. The van der Waals surface area contributed by atoms with Crippen LogP contribution in [0.1, 0.15) is 51.9 Å². The number of aliphatic imine (C=N–C) groups is 1. The molecule has 1 heterocycles. The molecule has 0 amide bonds. The van der Waals surface area contributed by atoms with E-state index < -0.39 is 0 Å². The zero-order valence-electron chi connectivity index (χ0n) is 15.8. The molecular weight excluding hydrogens is 431 g/mol. The van der Waals surface area contributed by atoms with Crippen LogP contribution in [-0.4, -0.2) is 69.0 Å². The van der Waals surface area contributed by atoms with E-state index in [0.29, 0.717) is 12.5 Å². The summed E-state index contributed by atoms with van der Waals surface area (Å²) in [5.74, 6) is 0.557. The highest BCUT2D eigenvalue weighted by molar-refractivity contribution is 14.0. The first kappa shape index (κ1) is 22.9. The number of nitrogens with two attached hydrogens (primary N) is 1. The molecular formula is C18H37IN4O2. The predicted octanol–water partition coefficient (Wildman–Crippen LogP) is 2.36. The van der Waals surface area contributed by atoms with Crippen molar-refractivity contribution in [2.75, 3.05) is 52.5 Å². The van der Waals surface area contributed by atoms with Crippen molar-refractivity contribution in [3.05, 3.63) is 0 Å². The molecule has 1 aliphatic carbocycles. The van der Waals surface area contributed by atoms with Crippen LogP contribution in [0, 0.1) is 0 Å². The summed E-state index contributed by atoms with van der Waals surface area (Å²) in [6.07, 6.45) is 8.16. The van der Waals surface area contributed by atoms with Crippen LogP contribution in [0.5, 0.6) is 0 Å². The van der Waals surface area contributed by atoms with Gasteiger partial charge in [-0.25, -0.2) is 0 Å². The zero-order valence-corrected chi connectivity index (χ0v) is 18.1. The van der Waals surface area contributed by atoms with Crippen molar-refractivity contribution in [3.8, 4) is 0 Å². The molecule has 0 aromatic heterocycles. The first-order chi connectivity index (χ1) is 11.7. The summed E-state index contributed by atoms with van der Waals surface area (Å²) < 4.78 is 11.5. The molecule has 2 aliphatic rings. The fourth-order valence-corrected chi connectivity index (χ4v) is 3.49. The van der Waals surface area contributed by atoms with Crippen LogP contribution in [0.25, 0.3) is 0 Å². The smallest absolute Gasteiger partial charge is 0.188 e. The van der Waals surface area contributed by atoms with Crippen LogP contribution in [0.4, 0.5) is 0 Å². The minimum atomic E-state index is -0.0750. The fraction of sp³-hybridized carbons (Fsp3) is 0.944. The largest absolute Gasteiger partial charge is 0.379 e. The van der Waals surface area contributed by atoms with Crippen molar-refractivity contribution in [1.82, 2.24) is 10.2 Å². The van der Waals surface area contributed by atoms with E-state index in [1.807, 2.05) is 0 Å². The van der Waals surface area contributed by atoms with E-state index in [1.165, 1.54) is 19.3 Å². The molecule has 1 aliphatic heterocycles. The average Bonchev–Trinajstić information content (AvgIpc) is 2.64. The lowest BCUT2D eigenvalue weighted by Gasteiger charge is -2.36. The van der Waals surface area contributed by atoms with Gasteiger partial charge in [0.25, 0.3) is 0 Å². The summed E-state index contributed by atoms with van der Waals surface area (Å²) in [5, 5.41) is 3.25. The number of nitrogens with one attached hydrogen (secondary N) is 1. The van der Waals surface area contributed by atoms with Gasteiger partial charge < -0.3 is 20.5 Å². The Morgan fingerprint density at radius 3 is 2.64 bits per heavy atom. The van der Waals surface area contributed by atoms with Crippen LogP contribution in [0.15, 0.2) is 4.99 Å². The molecule has 0 spiro atoms. The lowest BCUT2D eigenvalue weighted by molar-refractivity contribution is -0.0624. The molecule has 7 heteroatoms. The molecule has 1 saturated carbocycles. The fourth-order valence-electron chi connectivity index (χ4n) is 3.49. The molecule has 0 aromatic rings. The third kappa shape index (κ3) is 8.88. The molecule has 0 atom stereocenters. The van der Waals surface area contributed by atoms with E-state index in [4.69, 9.17) is 15.2 Å². The molecule has 2 fully saturated rings. The summed E-state index contributed by atoms with van der Waals surface area (Å²) in [4.78, 5) is 7.02. The van der Waals surface area contributed by atoms with Crippen molar-refractivity contribution >= 4 is 29.9 Å². The molecule has 0 unspecified atom stereocenters. The maximum Gasteiger partial charge on any atom is 0.188 e. The van der Waals surface area contributed by atoms with Gasteiger partial charge in [-0.15, -0.1) is 24.0 Å². The van der Waals surface area contributed by atoms with Gasteiger partial charge in [0.05, 0.1) is 25.4 Å². The molecule has 2 rings (SSSR count). The minimum Gasteiger partial charge on any atom is -0.379 e. The molecule has 1 saturated heterocycles. The predicted molar refractivity (Wildman–Crippen MR) is 114 cm³/mol. The molecule has 0 aromatic carbocycles. The van der Waals surface area contributed by atoms with Gasteiger partial charge >= 0.3 is 0 Å². The first-order valence-electron chi connectivity index (χ1n) is 9.72. The van der Waals surface area contributed by atoms with E-state index in [2.05, 4.69) is 22.1 Å². The molecule has 3 N–H and O–H groups in total. The van der Waals surface area contributed by atoms with Crippen molar-refractivity contribution < 1.29 is 9.47 Å². The van der Waals surface area contributed by atoms with Crippen LogP contribution >= 0.6 is 24.0 Å². The quantitative estimate of drug-likeness (QED) is 0.235. The minimum absolute atomic E-state index is 0. The second-order valence-corrected chi connectivity index (χ2v) is 7.03. The SMILES string of the molecule is CCCOC1(CN=C(N)NCCCN2CCOCC2)CCCCC1.I. The normalized spacial score (nSPS) is 21.6. The molecule has 25 heavy (non-hydrogen) atoms. The van der Waals surface area contributed by atoms with Crippen LogP contribution in [0.3, 0.4) is 0 Å². The van der Waals surface area contributed by atoms with Gasteiger partial charge in [-0.2, -0.15) is 0 Å². The molecule has 6 nitrogen and oxygen atoms in total. The highest BCUT2D eigenvalue weighted by atomic mass is 127. The third-order valence-corrected chi connectivity index (χ3v) is 4.98. The summed E-state index contributed by atoms with van der Waals surface area (Å²) in [5.41, 5.74) is 5.97. The Morgan fingerprint density at radius 1 is 1.24 bits per heavy atom. The van der Waals surface area contributed by atoms with Gasteiger partial charge in [0.15, 0.2) is 5.96 Å². The molecule has 0 radical (unpaired) electrons. The standard InChI is InChI=1S/C18H36N4O2.HI/c1-2-13-24-18(7-4-3-5-8-18)16-21-17(19)20-9-6-10-22-11-14-23-15-12-22;/h2-16H2,1H3,(H3,19,20,21);1H. The zero-order chi connectivity index (χ0) is 17.1. The second-order valence-electron chi connectivity index (χ2n) is 7.03. The third-order valence-electron chi connectivity index (χ3n) is 4.98. The van der Waals surface area contributed by atoms with Crippen LogP contribution in [-0.2, 0) is 9.47 Å². The summed E-state index contributed by atoms with van der Waals surface area (Å²) in [7, 11) is 0. The maximum atomic E-state index is 6.17. The number of rotatable bonds is 9. The summed E-state index contributed by atoms with van der Waals surface area (Å²) in [6, 6.07) is 0. The van der Waals surface area contributed by atoms with Crippen molar-refractivity contribution in [3.63, 3.8) is 0 Å². The number of morpholine rings is 1. The summed E-state index contributed by atoms with van der Waals surface area (Å²) >= 11 is 0. The van der Waals surface area contributed by atoms with Gasteiger partial charge in [-0.05, 0) is 32.2 Å². The highest BCUT2D eigenvalue weighted by Gasteiger charge is 2.32. The summed E-state index contributed by atoms with van der Waals surface area (Å²) in [6.45, 7) is 9.43. The Kier molecular flexibility index (Phi) is 12.0. The van der Waals surface area contributed by atoms with Gasteiger partial charge in [0, 0.05) is 26.2 Å². The van der Waals surface area contributed by atoms with Gasteiger partial charge in [0.2, 0.25) is 0 Å². The van der Waals surface area contributed by atoms with Gasteiger partial charge in [0.1, 0.15) is 0 Å². The molecule has 148 valence electrons. The van der Waals surface area contributed by atoms with E-state index in [1.54, 1.807) is 0 Å². The highest BCUT2D eigenvalue weighted by Crippen LogP contribution is 2.32. The molecule has 0 bridgehead atoms. The first-order valence-corrected chi connectivity index (χ1v) is 9.72. The number of ether oxygens (including phenoxy) is 2. The van der Waals surface area contributed by atoms with Crippen LogP contribution < -0.4 is 11.1 Å². The Morgan fingerprint density at radius 2 is 1.96 bits per heavy atom. The van der Waals surface area contributed by atoms with Crippen molar-refractivity contribution in [1.29, 1.82) is 0 Å². The topological polar surface area (TPSA) is 72.1 Å². The second kappa shape index (κ2) is 13.1. The monoisotopic (exact) mass is 468 g/mol. The van der Waals surface area contributed by atoms with E-state index in [-0.39, 0.29) is 29.6 Å². The lowest BCUT2D eigenvalue weighted by Crippen LogP contribution is -2.41. The van der Waals surface area contributed by atoms with Gasteiger partial charge in [-0.1, -0.05) is 26.2 Å². The lowest BCUT2D eigenvalue weighted by atomic mass is 9.84. The Bertz CT molecular complexity index is 370. The number of nitrogens with zero attached hydrogens (tertiary/aromatic N) is 2. The maximum absolute atomic E-state index is 6.17. The Labute approximate surface area is 170 Å². The van der Waals surface area contributed by atoms with Gasteiger partial charge in [-0.3, -0.25) is 9.89 Å². The Hall–Kier alpha value is -0.120. The number of guanidine groups is 1. The number of hydrogen-bond donors (Lipinski definition) is 2. The van der Waals surface area contributed by atoms with E-state index >= 15 is 0 Å². The van der Waals surface area contributed by atoms with E-state index in [0.717, 1.165) is 71.7 Å². The average molecular weight is 468 g/mol.